The Morgan fingerprint density at radius 2 is 1.67 bits per heavy atom. The lowest BCUT2D eigenvalue weighted by molar-refractivity contribution is -0.0498. The molecule has 0 bridgehead atoms. The van der Waals surface area contributed by atoms with Gasteiger partial charge >= 0.3 is 12.6 Å². The minimum atomic E-state index is -2.99. The number of urea groups is 1. The number of alkyl halides is 4. The molecule has 2 amide bonds. The number of rotatable bonds is 7. The van der Waals surface area contributed by atoms with Crippen LogP contribution in [-0.4, -0.2) is 35.2 Å². The topological polar surface area (TPSA) is 59.8 Å². The van der Waals surface area contributed by atoms with E-state index in [1.54, 1.807) is 29.4 Å². The number of fused-ring (bicyclic) bond motifs is 2. The lowest BCUT2D eigenvalue weighted by Crippen LogP contribution is -2.45. The number of amides is 2. The van der Waals surface area contributed by atoms with E-state index in [0.29, 0.717) is 17.1 Å². The molecule has 1 aromatic heterocycles. The lowest BCUT2D eigenvalue weighted by Gasteiger charge is -2.37. The molecule has 0 unspecified atom stereocenters. The molecule has 0 N–H and O–H groups in total. The molecule has 1 aliphatic heterocycles. The van der Waals surface area contributed by atoms with Crippen molar-refractivity contribution < 1.29 is 31.8 Å². The van der Waals surface area contributed by atoms with Crippen molar-refractivity contribution in [2.75, 3.05) is 16.4 Å². The van der Waals surface area contributed by atoms with E-state index in [1.165, 1.54) is 35.2 Å². The van der Waals surface area contributed by atoms with Crippen LogP contribution in [0.4, 0.5) is 39.4 Å². The van der Waals surface area contributed by atoms with Crippen LogP contribution in [0.2, 0.25) is 0 Å². The highest BCUT2D eigenvalue weighted by atomic mass is 19.3. The van der Waals surface area contributed by atoms with Crippen molar-refractivity contribution in [2.45, 2.75) is 19.6 Å². The monoisotopic (exact) mass is 500 g/mol. The average Bonchev–Trinajstić information content (AvgIpc) is 3.22. The van der Waals surface area contributed by atoms with Gasteiger partial charge < -0.3 is 14.0 Å². The molecule has 0 fully saturated rings. The molecular formula is C25H20F4N4O3. The zero-order valence-electron chi connectivity index (χ0n) is 18.9. The van der Waals surface area contributed by atoms with E-state index in [0.717, 1.165) is 16.6 Å². The summed E-state index contributed by atoms with van der Waals surface area (Å²) in [4.78, 5) is 21.1. The van der Waals surface area contributed by atoms with Gasteiger partial charge in [-0.3, -0.25) is 9.80 Å². The summed E-state index contributed by atoms with van der Waals surface area (Å²) in [7, 11) is 1.85. The highest BCUT2D eigenvalue weighted by Crippen LogP contribution is 2.40. The van der Waals surface area contributed by atoms with E-state index in [1.807, 2.05) is 23.7 Å². The van der Waals surface area contributed by atoms with Gasteiger partial charge in [0.05, 0.1) is 35.3 Å². The molecule has 186 valence electrons. The predicted octanol–water partition coefficient (Wildman–Crippen LogP) is 6.10. The third-order valence-electron chi connectivity index (χ3n) is 5.77. The number of aromatic nitrogens is 2. The number of carbonyl (C=O) groups excluding carboxylic acids is 1. The van der Waals surface area contributed by atoms with Crippen LogP contribution in [0.3, 0.4) is 0 Å². The van der Waals surface area contributed by atoms with E-state index in [2.05, 4.69) is 9.72 Å². The maximum atomic E-state index is 13.8. The molecule has 0 radical (unpaired) electrons. The minimum absolute atomic E-state index is 0.0639. The number of anilines is 3. The Kier molecular flexibility index (Phi) is 6.13. The molecule has 0 saturated heterocycles. The van der Waals surface area contributed by atoms with Gasteiger partial charge in [-0.05, 0) is 54.1 Å². The second kappa shape index (κ2) is 9.40. The Bertz CT molecular complexity index is 1410. The SMILES string of the molecule is Cn1cnc2ccc(N3Cc4ccc(OCC(F)F)cc4N(c4ccc(OC(F)F)cc4)C3=O)cc21. The van der Waals surface area contributed by atoms with E-state index in [-0.39, 0.29) is 18.0 Å². The summed E-state index contributed by atoms with van der Waals surface area (Å²) in [6.45, 7) is -3.56. The van der Waals surface area contributed by atoms with Crippen LogP contribution in [0.25, 0.3) is 11.0 Å². The molecular weight excluding hydrogens is 480 g/mol. The zero-order valence-corrected chi connectivity index (χ0v) is 18.9. The van der Waals surface area contributed by atoms with Gasteiger partial charge in [0.2, 0.25) is 0 Å². The first-order valence-corrected chi connectivity index (χ1v) is 10.9. The van der Waals surface area contributed by atoms with E-state index >= 15 is 0 Å². The molecule has 3 aromatic carbocycles. The number of carbonyl (C=O) groups is 1. The smallest absolute Gasteiger partial charge is 0.387 e. The number of benzene rings is 3. The van der Waals surface area contributed by atoms with Gasteiger partial charge in [0.25, 0.3) is 6.43 Å². The second-order valence-electron chi connectivity index (χ2n) is 8.10. The Hall–Kier alpha value is -4.28. The minimum Gasteiger partial charge on any atom is -0.488 e. The molecule has 0 saturated carbocycles. The van der Waals surface area contributed by atoms with Crippen molar-refractivity contribution >= 4 is 34.1 Å². The number of halogens is 4. The number of aryl methyl sites for hydroxylation is 1. The molecule has 0 spiro atoms. The molecule has 7 nitrogen and oxygen atoms in total. The van der Waals surface area contributed by atoms with Crippen molar-refractivity contribution in [1.82, 2.24) is 9.55 Å². The molecule has 5 rings (SSSR count). The highest BCUT2D eigenvalue weighted by Gasteiger charge is 2.33. The Labute approximate surface area is 203 Å². The predicted molar refractivity (Wildman–Crippen MR) is 125 cm³/mol. The van der Waals surface area contributed by atoms with Crippen molar-refractivity contribution in [2.24, 2.45) is 7.05 Å². The normalized spacial score (nSPS) is 13.6. The summed E-state index contributed by atoms with van der Waals surface area (Å²) in [5.74, 6) is 0.111. The van der Waals surface area contributed by atoms with Crippen molar-refractivity contribution in [3.8, 4) is 11.5 Å². The van der Waals surface area contributed by atoms with Crippen LogP contribution in [0.1, 0.15) is 5.56 Å². The first-order chi connectivity index (χ1) is 17.3. The summed E-state index contributed by atoms with van der Waals surface area (Å²) < 4.78 is 62.0. The van der Waals surface area contributed by atoms with E-state index < -0.39 is 25.7 Å². The summed E-state index contributed by atoms with van der Waals surface area (Å²) in [5, 5.41) is 0. The highest BCUT2D eigenvalue weighted by molar-refractivity contribution is 6.11. The number of hydrogen-bond acceptors (Lipinski definition) is 4. The van der Waals surface area contributed by atoms with Crippen molar-refractivity contribution in [3.63, 3.8) is 0 Å². The van der Waals surface area contributed by atoms with Gasteiger partial charge in [0.15, 0.2) is 0 Å². The summed E-state index contributed by atoms with van der Waals surface area (Å²) in [6, 6.07) is 15.4. The fourth-order valence-electron chi connectivity index (χ4n) is 4.11. The molecule has 0 aliphatic carbocycles. The van der Waals surface area contributed by atoms with Crippen molar-refractivity contribution in [3.05, 3.63) is 72.6 Å². The largest absolute Gasteiger partial charge is 0.488 e. The molecule has 0 atom stereocenters. The number of ether oxygens (including phenoxy) is 2. The van der Waals surface area contributed by atoms with Gasteiger partial charge in [-0.1, -0.05) is 6.07 Å². The van der Waals surface area contributed by atoms with Gasteiger partial charge in [-0.15, -0.1) is 0 Å². The van der Waals surface area contributed by atoms with E-state index in [4.69, 9.17) is 4.74 Å². The van der Waals surface area contributed by atoms with Gasteiger partial charge in [-0.25, -0.2) is 18.6 Å². The lowest BCUT2D eigenvalue weighted by atomic mass is 10.1. The van der Waals surface area contributed by atoms with Crippen molar-refractivity contribution in [1.29, 1.82) is 0 Å². The van der Waals surface area contributed by atoms with Crippen LogP contribution in [0, 0.1) is 0 Å². The standard InChI is InChI=1S/C25H20F4N4O3/c1-31-14-30-20-9-5-17(10-22(20)31)32-12-15-2-6-19(35-13-23(26)27)11-21(15)33(25(32)34)16-3-7-18(8-4-16)36-24(28)29/h2-11,14,23-24H,12-13H2,1H3. The first kappa shape index (κ1) is 23.5. The average molecular weight is 500 g/mol. The Balaban J connectivity index is 1.57. The Morgan fingerprint density at radius 1 is 0.944 bits per heavy atom. The maximum absolute atomic E-state index is 13.8. The number of nitrogens with zero attached hydrogens (tertiary/aromatic N) is 4. The fraction of sp³-hybridized carbons (Fsp3) is 0.200. The summed E-state index contributed by atoms with van der Waals surface area (Å²) in [5.41, 5.74) is 3.78. The molecule has 2 heterocycles. The third kappa shape index (κ3) is 4.51. The number of imidazole rings is 1. The van der Waals surface area contributed by atoms with Crippen LogP contribution < -0.4 is 19.3 Å². The van der Waals surface area contributed by atoms with Crippen LogP contribution in [0.5, 0.6) is 11.5 Å². The molecule has 11 heteroatoms. The molecule has 36 heavy (non-hydrogen) atoms. The quantitative estimate of drug-likeness (QED) is 0.288. The second-order valence-corrected chi connectivity index (χ2v) is 8.10. The van der Waals surface area contributed by atoms with Crippen LogP contribution >= 0.6 is 0 Å². The number of hydrogen-bond donors (Lipinski definition) is 0. The third-order valence-corrected chi connectivity index (χ3v) is 5.77. The molecule has 4 aromatic rings. The van der Waals surface area contributed by atoms with Crippen LogP contribution in [-0.2, 0) is 13.6 Å². The van der Waals surface area contributed by atoms with Gasteiger partial charge in [0, 0.05) is 18.8 Å². The van der Waals surface area contributed by atoms with Gasteiger partial charge in [0.1, 0.15) is 18.1 Å². The first-order valence-electron chi connectivity index (χ1n) is 10.9. The molecule has 1 aliphatic rings. The summed E-state index contributed by atoms with van der Waals surface area (Å²) in [6.07, 6.45) is -0.976. The Morgan fingerprint density at radius 3 is 2.39 bits per heavy atom. The fourth-order valence-corrected chi connectivity index (χ4v) is 4.11. The van der Waals surface area contributed by atoms with Crippen LogP contribution in [0.15, 0.2) is 67.0 Å². The zero-order chi connectivity index (χ0) is 25.4. The van der Waals surface area contributed by atoms with Gasteiger partial charge in [-0.2, -0.15) is 8.78 Å². The summed E-state index contributed by atoms with van der Waals surface area (Å²) >= 11 is 0. The van der Waals surface area contributed by atoms with E-state index in [9.17, 15) is 22.4 Å². The maximum Gasteiger partial charge on any atom is 0.387 e.